The number of anilines is 2. The fourth-order valence-corrected chi connectivity index (χ4v) is 2.93. The van der Waals surface area contributed by atoms with E-state index in [9.17, 15) is 0 Å². The Hall–Kier alpha value is -0.851. The van der Waals surface area contributed by atoms with Gasteiger partial charge >= 0.3 is 22.4 Å². The van der Waals surface area contributed by atoms with Crippen molar-refractivity contribution < 1.29 is 22.4 Å². The number of rotatable bonds is 9. The number of benzene rings is 2. The molecule has 0 aliphatic heterocycles. The average Bonchev–Trinajstić information content (AvgIpc) is 2.67. The molecule has 0 saturated heterocycles. The van der Waals surface area contributed by atoms with Gasteiger partial charge in [0.05, 0.1) is 0 Å². The van der Waals surface area contributed by atoms with Crippen LogP contribution in [0.25, 0.3) is 11.1 Å². The third kappa shape index (κ3) is 8.66. The summed E-state index contributed by atoms with van der Waals surface area (Å²) >= 11 is 11.4. The summed E-state index contributed by atoms with van der Waals surface area (Å²) in [6.45, 7) is 6.50. The summed E-state index contributed by atoms with van der Waals surface area (Å²) in [6, 6.07) is 15.2. The molecular formula is C21H29N3OS2Tc. The SMILES string of the molecule is CN(C)c1ccc(-c2ccc(NCC[S-])c(CNCC(C)(C)[S-])c2)cc1.[O]=[Tc+2]. The van der Waals surface area contributed by atoms with E-state index in [1.807, 2.05) is 0 Å². The second-order valence-corrected chi connectivity index (χ2v) is 8.82. The van der Waals surface area contributed by atoms with E-state index < -0.39 is 0 Å². The monoisotopic (exact) mass is 500 g/mol. The van der Waals surface area contributed by atoms with Crippen molar-refractivity contribution in [2.75, 3.05) is 43.2 Å². The van der Waals surface area contributed by atoms with Crippen LogP contribution in [0, 0.1) is 0 Å². The molecular weight excluding hydrogens is 472 g/mol. The van der Waals surface area contributed by atoms with E-state index in [0.717, 1.165) is 44.2 Å². The predicted octanol–water partition coefficient (Wildman–Crippen LogP) is 3.67. The molecule has 0 aliphatic carbocycles. The summed E-state index contributed by atoms with van der Waals surface area (Å²) in [5.41, 5.74) is 6.01. The van der Waals surface area contributed by atoms with Crippen LogP contribution in [0.1, 0.15) is 19.4 Å². The zero-order valence-corrected chi connectivity index (χ0v) is 20.4. The van der Waals surface area contributed by atoms with Crippen molar-refractivity contribution in [3.63, 3.8) is 0 Å². The van der Waals surface area contributed by atoms with Gasteiger partial charge in [0.15, 0.2) is 0 Å². The van der Waals surface area contributed by atoms with Crippen LogP contribution < -0.4 is 15.5 Å². The molecule has 2 N–H and O–H groups in total. The molecule has 0 aliphatic rings. The molecule has 0 bridgehead atoms. The number of hydrogen-bond acceptors (Lipinski definition) is 6. The van der Waals surface area contributed by atoms with Crippen LogP contribution in [0.2, 0.25) is 0 Å². The summed E-state index contributed by atoms with van der Waals surface area (Å²) in [6.07, 6.45) is 0. The molecule has 7 heteroatoms. The molecule has 0 atom stereocenters. The van der Waals surface area contributed by atoms with Crippen LogP contribution in [0.4, 0.5) is 11.4 Å². The van der Waals surface area contributed by atoms with Gasteiger partial charge in [-0.25, -0.2) is 0 Å². The molecule has 0 saturated carbocycles. The minimum atomic E-state index is -0.145. The van der Waals surface area contributed by atoms with Gasteiger partial charge in [-0.15, -0.1) is 4.75 Å². The first-order valence-corrected chi connectivity index (χ1v) is 10.8. The number of nitrogens with one attached hydrogen (secondary N) is 2. The van der Waals surface area contributed by atoms with Gasteiger partial charge in [0.1, 0.15) is 0 Å². The van der Waals surface area contributed by atoms with E-state index in [2.05, 4.69) is 85.9 Å². The topological polar surface area (TPSA) is 44.4 Å². The second kappa shape index (κ2) is 12.7. The fourth-order valence-electron chi connectivity index (χ4n) is 2.73. The van der Waals surface area contributed by atoms with E-state index in [4.69, 9.17) is 28.8 Å². The molecule has 0 heterocycles. The molecule has 2 rings (SSSR count). The fraction of sp³-hybridized carbons (Fsp3) is 0.429. The quantitative estimate of drug-likeness (QED) is 0.512. The van der Waals surface area contributed by atoms with Crippen molar-refractivity contribution in [2.45, 2.75) is 25.1 Å². The Morgan fingerprint density at radius 1 is 1.04 bits per heavy atom. The molecule has 28 heavy (non-hydrogen) atoms. The van der Waals surface area contributed by atoms with Crippen molar-refractivity contribution in [2.24, 2.45) is 0 Å². The van der Waals surface area contributed by atoms with Gasteiger partial charge in [0.25, 0.3) is 0 Å². The van der Waals surface area contributed by atoms with Crippen molar-refractivity contribution in [3.8, 4) is 11.1 Å². The Kier molecular flexibility index (Phi) is 11.4. The molecule has 0 amide bonds. The van der Waals surface area contributed by atoms with Crippen LogP contribution in [-0.4, -0.2) is 37.7 Å². The van der Waals surface area contributed by atoms with Crippen LogP contribution in [0.3, 0.4) is 0 Å². The molecule has 0 unspecified atom stereocenters. The van der Waals surface area contributed by atoms with E-state index in [0.29, 0.717) is 5.75 Å². The summed E-state index contributed by atoms with van der Waals surface area (Å²) in [5.74, 6) is 0.694. The van der Waals surface area contributed by atoms with E-state index in [1.165, 1.54) is 22.4 Å². The van der Waals surface area contributed by atoms with E-state index in [-0.39, 0.29) is 4.75 Å². The standard InChI is InChI=1S/C21H31N3S2.O.Tc/c1-21(2,26)15-22-14-18-13-17(7-10-20(18)23-11-12-25)16-5-8-19(9-6-16)24(3)4;;/h5-10,13,22-23,25-26H,11-12,14-15H2,1-4H3;;/q;;+2/p-2. The van der Waals surface area contributed by atoms with Gasteiger partial charge in [-0.1, -0.05) is 32.0 Å². The number of nitrogens with zero attached hydrogens (tertiary/aromatic N) is 1. The van der Waals surface area contributed by atoms with Crippen molar-refractivity contribution in [1.29, 1.82) is 0 Å². The van der Waals surface area contributed by atoms with Crippen LogP contribution in [-0.2, 0) is 54.2 Å². The van der Waals surface area contributed by atoms with E-state index >= 15 is 0 Å². The third-order valence-corrected chi connectivity index (χ3v) is 4.45. The summed E-state index contributed by atoms with van der Waals surface area (Å²) in [5, 5.41) is 6.92. The first kappa shape index (κ1) is 25.2. The Balaban J connectivity index is 0.00000190. The normalized spacial score (nSPS) is 10.8. The van der Waals surface area contributed by atoms with Gasteiger partial charge in [-0.2, -0.15) is 5.75 Å². The first-order valence-electron chi connectivity index (χ1n) is 9.09. The summed E-state index contributed by atoms with van der Waals surface area (Å²) in [4.78, 5) is 2.11. The van der Waals surface area contributed by atoms with Gasteiger partial charge in [-0.05, 0) is 54.0 Å². The van der Waals surface area contributed by atoms with Gasteiger partial charge in [0.2, 0.25) is 0 Å². The minimum absolute atomic E-state index is 0.145. The maximum atomic E-state index is 8.22. The Morgan fingerprint density at radius 3 is 2.18 bits per heavy atom. The van der Waals surface area contributed by atoms with Gasteiger partial charge in [-0.3, -0.25) is 0 Å². The molecule has 2 aromatic rings. The van der Waals surface area contributed by atoms with Gasteiger partial charge in [0, 0.05) is 32.0 Å². The van der Waals surface area contributed by atoms with Crippen molar-refractivity contribution in [1.82, 2.24) is 5.32 Å². The molecule has 2 aromatic carbocycles. The molecule has 0 spiro atoms. The summed E-state index contributed by atoms with van der Waals surface area (Å²) in [7, 11) is 4.11. The zero-order valence-electron chi connectivity index (χ0n) is 16.9. The Labute approximate surface area is 191 Å². The summed E-state index contributed by atoms with van der Waals surface area (Å²) < 4.78 is 8.07. The van der Waals surface area contributed by atoms with Crippen molar-refractivity contribution >= 4 is 36.6 Å². The molecule has 153 valence electrons. The van der Waals surface area contributed by atoms with Crippen LogP contribution in [0.5, 0.6) is 0 Å². The molecule has 4 nitrogen and oxygen atoms in total. The average molecular weight is 502 g/mol. The third-order valence-electron chi connectivity index (χ3n) is 4.11. The zero-order chi connectivity index (χ0) is 21.2. The maximum absolute atomic E-state index is 8.22. The molecule has 0 aromatic heterocycles. The van der Waals surface area contributed by atoms with E-state index in [1.54, 1.807) is 0 Å². The Morgan fingerprint density at radius 2 is 1.64 bits per heavy atom. The number of hydrogen-bond donors (Lipinski definition) is 2. The molecule has 0 fully saturated rings. The van der Waals surface area contributed by atoms with Crippen LogP contribution in [0.15, 0.2) is 42.5 Å². The Bertz CT molecular complexity index is 719. The van der Waals surface area contributed by atoms with Gasteiger partial charge < -0.3 is 40.8 Å². The first-order chi connectivity index (χ1) is 13.3. The predicted molar refractivity (Wildman–Crippen MR) is 121 cm³/mol. The van der Waals surface area contributed by atoms with Crippen LogP contribution >= 0.6 is 0 Å². The molecule has 0 radical (unpaired) electrons. The second-order valence-electron chi connectivity index (χ2n) is 7.31. The van der Waals surface area contributed by atoms with Crippen molar-refractivity contribution in [3.05, 3.63) is 48.0 Å².